The van der Waals surface area contributed by atoms with Crippen LogP contribution >= 0.6 is 23.4 Å². The largest absolute Gasteiger partial charge is 0.409 e. The first-order valence-electron chi connectivity index (χ1n) is 5.09. The normalized spacial score (nSPS) is 11.8. The fraction of sp³-hybridized carbons (Fsp3) is 0.364. The third-order valence-electron chi connectivity index (χ3n) is 2.09. The van der Waals surface area contributed by atoms with E-state index in [9.17, 15) is 0 Å². The Labute approximate surface area is 105 Å². The van der Waals surface area contributed by atoms with Gasteiger partial charge in [-0.3, -0.25) is 0 Å². The van der Waals surface area contributed by atoms with Crippen LogP contribution in [0.1, 0.15) is 25.3 Å². The Morgan fingerprint density at radius 1 is 1.56 bits per heavy atom. The van der Waals surface area contributed by atoms with Crippen LogP contribution in [0, 0.1) is 0 Å². The number of rotatable bonds is 5. The van der Waals surface area contributed by atoms with Crippen LogP contribution in [0.5, 0.6) is 0 Å². The summed E-state index contributed by atoms with van der Waals surface area (Å²) in [4.78, 5) is 1.03. The second-order valence-electron chi connectivity index (χ2n) is 3.33. The van der Waals surface area contributed by atoms with Crippen LogP contribution in [0.15, 0.2) is 28.3 Å². The highest BCUT2D eigenvalue weighted by atomic mass is 35.5. The SMILES string of the molecule is CCCCSc1ccc(C(N)=NO)cc1Cl. The number of thioether (sulfide) groups is 1. The highest BCUT2D eigenvalue weighted by Gasteiger charge is 2.05. The van der Waals surface area contributed by atoms with Crippen molar-refractivity contribution in [2.45, 2.75) is 24.7 Å². The molecule has 0 unspecified atom stereocenters. The number of unbranched alkanes of at least 4 members (excludes halogenated alkanes) is 1. The van der Waals surface area contributed by atoms with Crippen molar-refractivity contribution in [3.05, 3.63) is 28.8 Å². The highest BCUT2D eigenvalue weighted by molar-refractivity contribution is 7.99. The van der Waals surface area contributed by atoms with Gasteiger partial charge in [-0.05, 0) is 30.4 Å². The molecule has 0 radical (unpaired) electrons. The maximum atomic E-state index is 8.54. The van der Waals surface area contributed by atoms with E-state index < -0.39 is 0 Å². The van der Waals surface area contributed by atoms with Crippen molar-refractivity contribution < 1.29 is 5.21 Å². The van der Waals surface area contributed by atoms with Gasteiger partial charge in [0.05, 0.1) is 5.02 Å². The Morgan fingerprint density at radius 3 is 2.88 bits per heavy atom. The lowest BCUT2D eigenvalue weighted by Crippen LogP contribution is -2.12. The van der Waals surface area contributed by atoms with Crippen molar-refractivity contribution in [1.29, 1.82) is 0 Å². The molecule has 0 amide bonds. The lowest BCUT2D eigenvalue weighted by atomic mass is 10.2. The molecule has 1 rings (SSSR count). The van der Waals surface area contributed by atoms with Crippen molar-refractivity contribution >= 4 is 29.2 Å². The van der Waals surface area contributed by atoms with Crippen LogP contribution in [0.3, 0.4) is 0 Å². The number of hydrogen-bond donors (Lipinski definition) is 2. The monoisotopic (exact) mass is 258 g/mol. The zero-order chi connectivity index (χ0) is 12.0. The number of nitrogens with two attached hydrogens (primary N) is 1. The van der Waals surface area contributed by atoms with E-state index >= 15 is 0 Å². The van der Waals surface area contributed by atoms with E-state index in [1.54, 1.807) is 23.9 Å². The number of oxime groups is 1. The van der Waals surface area contributed by atoms with Gasteiger partial charge in [0.1, 0.15) is 0 Å². The summed E-state index contributed by atoms with van der Waals surface area (Å²) < 4.78 is 0. The number of benzene rings is 1. The van der Waals surface area contributed by atoms with Crippen LogP contribution in [0.25, 0.3) is 0 Å². The van der Waals surface area contributed by atoms with E-state index in [4.69, 9.17) is 22.5 Å². The molecule has 0 saturated heterocycles. The second-order valence-corrected chi connectivity index (χ2v) is 4.88. The van der Waals surface area contributed by atoms with Gasteiger partial charge in [-0.15, -0.1) is 11.8 Å². The Bertz CT molecular complexity index is 382. The Hall–Kier alpha value is -0.870. The second kappa shape index (κ2) is 6.66. The van der Waals surface area contributed by atoms with E-state index in [1.165, 1.54) is 12.8 Å². The minimum atomic E-state index is 0.0759. The van der Waals surface area contributed by atoms with E-state index in [2.05, 4.69) is 12.1 Å². The summed E-state index contributed by atoms with van der Waals surface area (Å²) in [5.74, 6) is 1.13. The van der Waals surface area contributed by atoms with Crippen LogP contribution in [-0.2, 0) is 0 Å². The first-order chi connectivity index (χ1) is 7.69. The number of amidine groups is 1. The standard InChI is InChI=1S/C11H15ClN2OS/c1-2-3-6-16-10-5-4-8(7-9(10)12)11(13)14-15/h4-5,7,15H,2-3,6H2,1H3,(H2,13,14). The van der Waals surface area contributed by atoms with Crippen molar-refractivity contribution in [1.82, 2.24) is 0 Å². The van der Waals surface area contributed by atoms with Crippen LogP contribution in [0.2, 0.25) is 5.02 Å². The minimum absolute atomic E-state index is 0.0759. The van der Waals surface area contributed by atoms with Gasteiger partial charge in [0.15, 0.2) is 5.84 Å². The summed E-state index contributed by atoms with van der Waals surface area (Å²) in [5.41, 5.74) is 6.10. The van der Waals surface area contributed by atoms with Gasteiger partial charge in [-0.2, -0.15) is 0 Å². The number of hydrogen-bond acceptors (Lipinski definition) is 3. The van der Waals surface area contributed by atoms with Gasteiger partial charge in [0, 0.05) is 10.5 Å². The molecule has 0 aliphatic heterocycles. The molecule has 0 aromatic heterocycles. The van der Waals surface area contributed by atoms with E-state index in [1.807, 2.05) is 6.07 Å². The molecule has 3 nitrogen and oxygen atoms in total. The molecule has 0 saturated carbocycles. The molecular formula is C11H15ClN2OS. The van der Waals surface area contributed by atoms with Crippen LogP contribution < -0.4 is 5.73 Å². The Kier molecular flexibility index (Phi) is 5.49. The third-order valence-corrected chi connectivity index (χ3v) is 3.68. The van der Waals surface area contributed by atoms with Gasteiger partial charge in [-0.1, -0.05) is 30.1 Å². The lowest BCUT2D eigenvalue weighted by molar-refractivity contribution is 0.318. The average molecular weight is 259 g/mol. The lowest BCUT2D eigenvalue weighted by Gasteiger charge is -2.05. The van der Waals surface area contributed by atoms with Crippen LogP contribution in [-0.4, -0.2) is 16.8 Å². The van der Waals surface area contributed by atoms with Crippen molar-refractivity contribution in [3.63, 3.8) is 0 Å². The molecule has 0 bridgehead atoms. The summed E-state index contributed by atoms with van der Waals surface area (Å²) in [6.07, 6.45) is 2.34. The molecule has 0 aliphatic rings. The van der Waals surface area contributed by atoms with Crippen LogP contribution in [0.4, 0.5) is 0 Å². The van der Waals surface area contributed by atoms with Gasteiger partial charge in [-0.25, -0.2) is 0 Å². The van der Waals surface area contributed by atoms with Gasteiger partial charge in [0.2, 0.25) is 0 Å². The molecule has 0 fully saturated rings. The minimum Gasteiger partial charge on any atom is -0.409 e. The fourth-order valence-corrected chi connectivity index (χ4v) is 2.52. The summed E-state index contributed by atoms with van der Waals surface area (Å²) in [5, 5.41) is 12.1. The zero-order valence-corrected chi connectivity index (χ0v) is 10.7. The topological polar surface area (TPSA) is 58.6 Å². The van der Waals surface area contributed by atoms with Crippen molar-refractivity contribution in [2.24, 2.45) is 10.9 Å². The highest BCUT2D eigenvalue weighted by Crippen LogP contribution is 2.28. The first kappa shape index (κ1) is 13.2. The van der Waals surface area contributed by atoms with Gasteiger partial charge >= 0.3 is 0 Å². The molecule has 16 heavy (non-hydrogen) atoms. The Morgan fingerprint density at radius 2 is 2.31 bits per heavy atom. The number of halogens is 1. The molecule has 88 valence electrons. The van der Waals surface area contributed by atoms with Crippen molar-refractivity contribution in [2.75, 3.05) is 5.75 Å². The molecule has 0 aliphatic carbocycles. The summed E-state index contributed by atoms with van der Waals surface area (Å²) in [6.45, 7) is 2.16. The molecule has 0 atom stereocenters. The quantitative estimate of drug-likeness (QED) is 0.213. The van der Waals surface area contributed by atoms with E-state index in [0.29, 0.717) is 10.6 Å². The van der Waals surface area contributed by atoms with Gasteiger partial charge in [0.25, 0.3) is 0 Å². The summed E-state index contributed by atoms with van der Waals surface area (Å²) >= 11 is 7.82. The predicted molar refractivity (Wildman–Crippen MR) is 69.6 cm³/mol. The van der Waals surface area contributed by atoms with Crippen molar-refractivity contribution in [3.8, 4) is 0 Å². The van der Waals surface area contributed by atoms with Gasteiger partial charge < -0.3 is 10.9 Å². The average Bonchev–Trinajstić information content (AvgIpc) is 2.30. The summed E-state index contributed by atoms with van der Waals surface area (Å²) in [7, 11) is 0. The smallest absolute Gasteiger partial charge is 0.170 e. The maximum absolute atomic E-state index is 8.54. The third kappa shape index (κ3) is 3.61. The molecular weight excluding hydrogens is 244 g/mol. The van der Waals surface area contributed by atoms with E-state index in [-0.39, 0.29) is 5.84 Å². The molecule has 0 spiro atoms. The molecule has 3 N–H and O–H groups in total. The van der Waals surface area contributed by atoms with E-state index in [0.717, 1.165) is 10.6 Å². The molecule has 0 heterocycles. The predicted octanol–water partition coefficient (Wildman–Crippen LogP) is 3.33. The fourth-order valence-electron chi connectivity index (χ4n) is 1.16. The summed E-state index contributed by atoms with van der Waals surface area (Å²) in [6, 6.07) is 5.41. The zero-order valence-electron chi connectivity index (χ0n) is 9.11. The number of nitrogens with zero attached hydrogens (tertiary/aromatic N) is 1. The first-order valence-corrected chi connectivity index (χ1v) is 6.45. The molecule has 1 aromatic rings. The molecule has 1 aromatic carbocycles. The maximum Gasteiger partial charge on any atom is 0.170 e. The molecule has 5 heteroatoms. The Balaban J connectivity index is 2.75.